The van der Waals surface area contributed by atoms with Gasteiger partial charge in [-0.1, -0.05) is 11.8 Å². The van der Waals surface area contributed by atoms with Crippen LogP contribution in [-0.2, 0) is 7.05 Å². The van der Waals surface area contributed by atoms with Crippen molar-refractivity contribution in [2.24, 2.45) is 7.05 Å². The molecule has 0 bridgehead atoms. The third-order valence-electron chi connectivity index (χ3n) is 2.39. The summed E-state index contributed by atoms with van der Waals surface area (Å²) in [4.78, 5) is 8.68. The van der Waals surface area contributed by atoms with Gasteiger partial charge in [-0.3, -0.25) is 0 Å². The van der Waals surface area contributed by atoms with Crippen molar-refractivity contribution in [1.29, 1.82) is 0 Å². The van der Waals surface area contributed by atoms with Gasteiger partial charge in [-0.05, 0) is 20.1 Å². The lowest BCUT2D eigenvalue weighted by Crippen LogP contribution is -2.03. The van der Waals surface area contributed by atoms with Crippen LogP contribution in [0.15, 0.2) is 17.3 Å². The summed E-state index contributed by atoms with van der Waals surface area (Å²) in [5.74, 6) is 1.93. The number of hydrogen-bond acceptors (Lipinski definition) is 6. The molecule has 0 spiro atoms. The Morgan fingerprint density at radius 1 is 1.37 bits per heavy atom. The molecule has 1 N–H and O–H groups in total. The van der Waals surface area contributed by atoms with Crippen LogP contribution in [0, 0.1) is 6.92 Å². The Hall–Kier alpha value is -1.76. The number of hydrogen-bond donors (Lipinski definition) is 1. The molecule has 2 heterocycles. The van der Waals surface area contributed by atoms with Crippen LogP contribution >= 0.6 is 11.8 Å². The van der Waals surface area contributed by atoms with Crippen LogP contribution in [0.4, 0.5) is 5.82 Å². The average molecular weight is 279 g/mol. The highest BCUT2D eigenvalue weighted by Gasteiger charge is 2.09. The van der Waals surface area contributed by atoms with Crippen molar-refractivity contribution in [3.63, 3.8) is 0 Å². The molecule has 7 heteroatoms. The van der Waals surface area contributed by atoms with Gasteiger partial charge in [0.1, 0.15) is 5.82 Å². The molecular formula is C12H17N5OS. The van der Waals surface area contributed by atoms with Gasteiger partial charge < -0.3 is 10.1 Å². The number of ether oxygens (including phenoxy) is 1. The number of aromatic nitrogens is 4. The van der Waals surface area contributed by atoms with Gasteiger partial charge in [0.05, 0.1) is 5.69 Å². The molecule has 0 saturated heterocycles. The van der Waals surface area contributed by atoms with Crippen molar-refractivity contribution in [3.05, 3.63) is 17.8 Å². The highest BCUT2D eigenvalue weighted by molar-refractivity contribution is 7.98. The van der Waals surface area contributed by atoms with Crippen molar-refractivity contribution in [2.75, 3.05) is 18.1 Å². The predicted octanol–water partition coefficient (Wildman–Crippen LogP) is 2.46. The van der Waals surface area contributed by atoms with Gasteiger partial charge in [-0.15, -0.1) is 0 Å². The number of nitrogens with one attached hydrogen (secondary N) is 1. The molecule has 0 atom stereocenters. The summed E-state index contributed by atoms with van der Waals surface area (Å²) in [7, 11) is 1.84. The molecule has 0 aliphatic heterocycles. The zero-order valence-electron chi connectivity index (χ0n) is 11.5. The zero-order chi connectivity index (χ0) is 13.8. The second-order valence-corrected chi connectivity index (χ2v) is 4.73. The predicted molar refractivity (Wildman–Crippen MR) is 76.0 cm³/mol. The van der Waals surface area contributed by atoms with Gasteiger partial charge >= 0.3 is 0 Å². The molecule has 2 aromatic rings. The summed E-state index contributed by atoms with van der Waals surface area (Å²) in [5.41, 5.74) is 0.906. The van der Waals surface area contributed by atoms with Gasteiger partial charge in [0.25, 0.3) is 0 Å². The molecule has 19 heavy (non-hydrogen) atoms. The first kappa shape index (κ1) is 13.7. The van der Waals surface area contributed by atoms with E-state index in [1.54, 1.807) is 10.7 Å². The third-order valence-corrected chi connectivity index (χ3v) is 2.94. The van der Waals surface area contributed by atoms with E-state index in [4.69, 9.17) is 4.74 Å². The monoisotopic (exact) mass is 279 g/mol. The van der Waals surface area contributed by atoms with Crippen LogP contribution in [0.2, 0.25) is 0 Å². The summed E-state index contributed by atoms with van der Waals surface area (Å²) in [6.07, 6.45) is 1.93. The highest BCUT2D eigenvalue weighted by Crippen LogP contribution is 2.24. The molecule has 0 amide bonds. The lowest BCUT2D eigenvalue weighted by atomic mass is 10.5. The molecule has 0 aliphatic carbocycles. The Bertz CT molecular complexity index is 569. The first-order valence-electron chi connectivity index (χ1n) is 5.97. The Kier molecular flexibility index (Phi) is 4.26. The fourth-order valence-electron chi connectivity index (χ4n) is 1.61. The molecule has 0 radical (unpaired) electrons. The Morgan fingerprint density at radius 3 is 2.74 bits per heavy atom. The summed E-state index contributed by atoms with van der Waals surface area (Å²) in [6.45, 7) is 4.74. The van der Waals surface area contributed by atoms with E-state index in [0.29, 0.717) is 16.9 Å². The number of nitrogens with zero attached hydrogens (tertiary/aromatic N) is 4. The Labute approximate surface area is 116 Å². The number of rotatable bonds is 5. The standard InChI is InChI=1S/C12H17N5OS/c1-5-13-9-7-10(15-12(14-9)19-4)18-11-6-8(2)16-17(11)3/h6-7H,5H2,1-4H3,(H,13,14,15). The molecule has 2 rings (SSSR count). The normalized spacial score (nSPS) is 10.5. The van der Waals surface area contributed by atoms with Gasteiger partial charge in [0.2, 0.25) is 11.8 Å². The van der Waals surface area contributed by atoms with E-state index in [2.05, 4.69) is 20.4 Å². The van der Waals surface area contributed by atoms with Gasteiger partial charge in [-0.25, -0.2) is 9.67 Å². The first-order chi connectivity index (χ1) is 9.12. The summed E-state index contributed by atoms with van der Waals surface area (Å²) < 4.78 is 7.44. The minimum absolute atomic E-state index is 0.512. The minimum atomic E-state index is 0.512. The molecule has 0 saturated carbocycles. The van der Waals surface area contributed by atoms with Crippen LogP contribution in [0.25, 0.3) is 0 Å². The van der Waals surface area contributed by atoms with E-state index < -0.39 is 0 Å². The van der Waals surface area contributed by atoms with Crippen LogP contribution in [0.1, 0.15) is 12.6 Å². The van der Waals surface area contributed by atoms with E-state index in [0.717, 1.165) is 18.1 Å². The lowest BCUT2D eigenvalue weighted by Gasteiger charge is -2.08. The van der Waals surface area contributed by atoms with Gasteiger partial charge in [0, 0.05) is 25.7 Å². The zero-order valence-corrected chi connectivity index (χ0v) is 12.3. The van der Waals surface area contributed by atoms with Crippen LogP contribution in [0.3, 0.4) is 0 Å². The summed E-state index contributed by atoms with van der Waals surface area (Å²) in [5, 5.41) is 8.07. The van der Waals surface area contributed by atoms with E-state index in [9.17, 15) is 0 Å². The number of thioether (sulfide) groups is 1. The molecule has 0 unspecified atom stereocenters. The van der Waals surface area contributed by atoms with Crippen molar-refractivity contribution in [2.45, 2.75) is 19.0 Å². The van der Waals surface area contributed by atoms with E-state index in [-0.39, 0.29) is 0 Å². The molecular weight excluding hydrogens is 262 g/mol. The second-order valence-electron chi connectivity index (χ2n) is 3.96. The maximum absolute atomic E-state index is 5.76. The van der Waals surface area contributed by atoms with Crippen LogP contribution in [-0.4, -0.2) is 32.5 Å². The van der Waals surface area contributed by atoms with E-state index >= 15 is 0 Å². The largest absolute Gasteiger partial charge is 0.421 e. The molecule has 0 aromatic carbocycles. The fraction of sp³-hybridized carbons (Fsp3) is 0.417. The summed E-state index contributed by atoms with van der Waals surface area (Å²) in [6, 6.07) is 3.65. The second kappa shape index (κ2) is 5.92. The molecule has 102 valence electrons. The number of anilines is 1. The Balaban J connectivity index is 2.28. The van der Waals surface area contributed by atoms with Gasteiger partial charge in [0.15, 0.2) is 5.16 Å². The maximum atomic E-state index is 5.76. The van der Waals surface area contributed by atoms with Crippen LogP contribution < -0.4 is 10.1 Å². The van der Waals surface area contributed by atoms with E-state index in [1.807, 2.05) is 33.2 Å². The van der Waals surface area contributed by atoms with Crippen molar-refractivity contribution in [3.8, 4) is 11.8 Å². The average Bonchev–Trinajstić information content (AvgIpc) is 2.68. The SMILES string of the molecule is CCNc1cc(Oc2cc(C)nn2C)nc(SC)n1. The lowest BCUT2D eigenvalue weighted by molar-refractivity contribution is 0.410. The number of aryl methyl sites for hydroxylation is 2. The smallest absolute Gasteiger partial charge is 0.227 e. The third kappa shape index (κ3) is 3.37. The maximum Gasteiger partial charge on any atom is 0.227 e. The minimum Gasteiger partial charge on any atom is -0.421 e. The molecule has 0 aliphatic rings. The Morgan fingerprint density at radius 2 is 2.16 bits per heavy atom. The van der Waals surface area contributed by atoms with Gasteiger partial charge in [-0.2, -0.15) is 10.1 Å². The quantitative estimate of drug-likeness (QED) is 0.670. The summed E-state index contributed by atoms with van der Waals surface area (Å²) >= 11 is 1.48. The molecule has 6 nitrogen and oxygen atoms in total. The highest BCUT2D eigenvalue weighted by atomic mass is 32.2. The van der Waals surface area contributed by atoms with Crippen molar-refractivity contribution in [1.82, 2.24) is 19.7 Å². The van der Waals surface area contributed by atoms with Crippen molar-refractivity contribution < 1.29 is 4.74 Å². The molecule has 0 fully saturated rings. The van der Waals surface area contributed by atoms with E-state index in [1.165, 1.54) is 11.8 Å². The first-order valence-corrected chi connectivity index (χ1v) is 7.20. The topological polar surface area (TPSA) is 64.9 Å². The molecule has 2 aromatic heterocycles. The van der Waals surface area contributed by atoms with Crippen molar-refractivity contribution >= 4 is 17.6 Å². The fourth-order valence-corrected chi connectivity index (χ4v) is 1.98. The van der Waals surface area contributed by atoms with Crippen LogP contribution in [0.5, 0.6) is 11.8 Å².